The number of rotatable bonds is 3. The first-order chi connectivity index (χ1) is 11.5. The number of nitrogens with zero attached hydrogens (tertiary/aromatic N) is 1. The summed E-state index contributed by atoms with van der Waals surface area (Å²) in [5.74, 6) is -0.726. The van der Waals surface area contributed by atoms with E-state index in [1.165, 1.54) is 18.2 Å². The van der Waals surface area contributed by atoms with E-state index in [1.54, 1.807) is 19.1 Å². The standard InChI is InChI=1S/C17H11ClFIN2O2/c1-9-14(17(23)21-11-7-5-10(20)6-8-11)16(22-24-9)15-12(18)3-2-4-13(15)19/h2-8H,1H3,(H,21,23). The number of aryl methyl sites for hydroxylation is 1. The molecule has 0 aliphatic rings. The molecule has 0 fully saturated rings. The van der Waals surface area contributed by atoms with Crippen molar-refractivity contribution >= 4 is 45.8 Å². The summed E-state index contributed by atoms with van der Waals surface area (Å²) in [6, 6.07) is 11.6. The molecule has 0 aliphatic heterocycles. The number of hydrogen-bond acceptors (Lipinski definition) is 3. The number of halogens is 3. The molecule has 0 unspecified atom stereocenters. The summed E-state index contributed by atoms with van der Waals surface area (Å²) in [6.07, 6.45) is 0. The van der Waals surface area contributed by atoms with E-state index in [0.29, 0.717) is 5.69 Å². The molecule has 122 valence electrons. The molecule has 1 N–H and O–H groups in total. The highest BCUT2D eigenvalue weighted by Gasteiger charge is 2.25. The fourth-order valence-electron chi connectivity index (χ4n) is 2.26. The topological polar surface area (TPSA) is 55.1 Å². The highest BCUT2D eigenvalue weighted by molar-refractivity contribution is 14.1. The van der Waals surface area contributed by atoms with Crippen molar-refractivity contribution in [3.63, 3.8) is 0 Å². The lowest BCUT2D eigenvalue weighted by Gasteiger charge is -2.07. The van der Waals surface area contributed by atoms with Crippen LogP contribution in [0.5, 0.6) is 0 Å². The number of amides is 1. The van der Waals surface area contributed by atoms with E-state index in [4.69, 9.17) is 16.1 Å². The summed E-state index contributed by atoms with van der Waals surface area (Å²) in [7, 11) is 0. The van der Waals surface area contributed by atoms with Crippen LogP contribution in [0.3, 0.4) is 0 Å². The molecule has 0 saturated carbocycles. The van der Waals surface area contributed by atoms with Gasteiger partial charge in [-0.05, 0) is 65.9 Å². The zero-order chi connectivity index (χ0) is 17.3. The fraction of sp³-hybridized carbons (Fsp3) is 0.0588. The first-order valence-electron chi connectivity index (χ1n) is 6.95. The van der Waals surface area contributed by atoms with Crippen LogP contribution in [0, 0.1) is 16.3 Å². The summed E-state index contributed by atoms with van der Waals surface area (Å²) in [5.41, 5.74) is 0.898. The molecule has 1 heterocycles. The lowest BCUT2D eigenvalue weighted by atomic mass is 10.0. The van der Waals surface area contributed by atoms with E-state index in [0.717, 1.165) is 3.57 Å². The molecule has 3 aromatic rings. The summed E-state index contributed by atoms with van der Waals surface area (Å²) in [6.45, 7) is 1.59. The molecule has 1 amide bonds. The van der Waals surface area contributed by atoms with Gasteiger partial charge in [0, 0.05) is 9.26 Å². The molecule has 3 rings (SSSR count). The highest BCUT2D eigenvalue weighted by atomic mass is 127. The van der Waals surface area contributed by atoms with Crippen molar-refractivity contribution in [2.24, 2.45) is 0 Å². The van der Waals surface area contributed by atoms with Crippen LogP contribution in [0.2, 0.25) is 5.02 Å². The van der Waals surface area contributed by atoms with Crippen LogP contribution in [0.25, 0.3) is 11.3 Å². The molecule has 0 bridgehead atoms. The van der Waals surface area contributed by atoms with Crippen molar-refractivity contribution < 1.29 is 13.7 Å². The maximum Gasteiger partial charge on any atom is 0.261 e. The normalized spacial score (nSPS) is 10.7. The van der Waals surface area contributed by atoms with Gasteiger partial charge in [0.05, 0.1) is 10.6 Å². The van der Waals surface area contributed by atoms with Crippen LogP contribution in [0.4, 0.5) is 10.1 Å². The van der Waals surface area contributed by atoms with Crippen LogP contribution in [0.1, 0.15) is 16.1 Å². The van der Waals surface area contributed by atoms with Gasteiger partial charge in [0.1, 0.15) is 22.8 Å². The molecule has 24 heavy (non-hydrogen) atoms. The van der Waals surface area contributed by atoms with Crippen molar-refractivity contribution in [3.05, 3.63) is 68.2 Å². The summed E-state index contributed by atoms with van der Waals surface area (Å²) in [5, 5.41) is 6.74. The molecular formula is C17H11ClFIN2O2. The van der Waals surface area contributed by atoms with Crippen molar-refractivity contribution in [2.45, 2.75) is 6.92 Å². The average Bonchev–Trinajstić information content (AvgIpc) is 2.91. The molecule has 0 radical (unpaired) electrons. The molecular weight excluding hydrogens is 446 g/mol. The number of aromatic nitrogens is 1. The monoisotopic (exact) mass is 456 g/mol. The second-order valence-electron chi connectivity index (χ2n) is 5.02. The molecule has 0 atom stereocenters. The molecule has 0 aliphatic carbocycles. The van der Waals surface area contributed by atoms with Crippen LogP contribution >= 0.6 is 34.2 Å². The molecule has 0 saturated heterocycles. The van der Waals surface area contributed by atoms with E-state index in [1.807, 2.05) is 12.1 Å². The third-order valence-corrected chi connectivity index (χ3v) is 4.43. The maximum absolute atomic E-state index is 14.2. The van der Waals surface area contributed by atoms with Gasteiger partial charge in [-0.15, -0.1) is 0 Å². The minimum absolute atomic E-state index is 0.0452. The first-order valence-corrected chi connectivity index (χ1v) is 8.40. The number of benzene rings is 2. The largest absolute Gasteiger partial charge is 0.360 e. The predicted octanol–water partition coefficient (Wildman–Crippen LogP) is 5.30. The zero-order valence-electron chi connectivity index (χ0n) is 12.4. The van der Waals surface area contributed by atoms with E-state index >= 15 is 0 Å². The Morgan fingerprint density at radius 3 is 2.62 bits per heavy atom. The van der Waals surface area contributed by atoms with Crippen LogP contribution in [-0.4, -0.2) is 11.1 Å². The Morgan fingerprint density at radius 2 is 1.96 bits per heavy atom. The van der Waals surface area contributed by atoms with Gasteiger partial charge in [-0.2, -0.15) is 0 Å². The Bertz CT molecular complexity index is 889. The van der Waals surface area contributed by atoms with Crippen molar-refractivity contribution in [1.29, 1.82) is 0 Å². The Morgan fingerprint density at radius 1 is 1.25 bits per heavy atom. The molecule has 0 spiro atoms. The Balaban J connectivity index is 2.01. The van der Waals surface area contributed by atoms with Crippen molar-refractivity contribution in [2.75, 3.05) is 5.32 Å². The smallest absolute Gasteiger partial charge is 0.261 e. The number of hydrogen-bond donors (Lipinski definition) is 1. The van der Waals surface area contributed by atoms with Gasteiger partial charge < -0.3 is 9.84 Å². The maximum atomic E-state index is 14.2. The predicted molar refractivity (Wildman–Crippen MR) is 98.8 cm³/mol. The number of nitrogens with one attached hydrogen (secondary N) is 1. The lowest BCUT2D eigenvalue weighted by molar-refractivity contribution is 0.102. The third kappa shape index (κ3) is 3.29. The number of carbonyl (C=O) groups is 1. The Hall–Kier alpha value is -1.93. The van der Waals surface area contributed by atoms with E-state index in [9.17, 15) is 9.18 Å². The quantitative estimate of drug-likeness (QED) is 0.544. The van der Waals surface area contributed by atoms with Gasteiger partial charge >= 0.3 is 0 Å². The minimum atomic E-state index is -0.570. The highest BCUT2D eigenvalue weighted by Crippen LogP contribution is 2.33. The minimum Gasteiger partial charge on any atom is -0.360 e. The van der Waals surface area contributed by atoms with Crippen LogP contribution in [-0.2, 0) is 0 Å². The first kappa shape index (κ1) is 16.9. The van der Waals surface area contributed by atoms with E-state index < -0.39 is 11.7 Å². The van der Waals surface area contributed by atoms with Crippen LogP contribution < -0.4 is 5.32 Å². The SMILES string of the molecule is Cc1onc(-c2c(F)cccc2Cl)c1C(=O)Nc1ccc(I)cc1. The van der Waals surface area contributed by atoms with Gasteiger partial charge in [0.2, 0.25) is 0 Å². The van der Waals surface area contributed by atoms with Gasteiger partial charge in [0.25, 0.3) is 5.91 Å². The number of carbonyl (C=O) groups excluding carboxylic acids is 1. The summed E-state index contributed by atoms with van der Waals surface area (Å²) in [4.78, 5) is 12.6. The second-order valence-corrected chi connectivity index (χ2v) is 6.67. The van der Waals surface area contributed by atoms with Gasteiger partial charge in [-0.1, -0.05) is 22.8 Å². The zero-order valence-corrected chi connectivity index (χ0v) is 15.4. The van der Waals surface area contributed by atoms with Crippen molar-refractivity contribution in [3.8, 4) is 11.3 Å². The van der Waals surface area contributed by atoms with Gasteiger partial charge in [-0.25, -0.2) is 4.39 Å². The second kappa shape index (κ2) is 6.90. The van der Waals surface area contributed by atoms with Gasteiger partial charge in [0.15, 0.2) is 0 Å². The molecule has 7 heteroatoms. The van der Waals surface area contributed by atoms with E-state index in [2.05, 4.69) is 33.1 Å². The Kier molecular flexibility index (Phi) is 4.86. The van der Waals surface area contributed by atoms with Gasteiger partial charge in [-0.3, -0.25) is 4.79 Å². The fourth-order valence-corrected chi connectivity index (χ4v) is 2.87. The lowest BCUT2D eigenvalue weighted by Crippen LogP contribution is -2.13. The number of anilines is 1. The van der Waals surface area contributed by atoms with Crippen molar-refractivity contribution in [1.82, 2.24) is 5.16 Å². The molecule has 2 aromatic carbocycles. The Labute approximate surface area is 156 Å². The van der Waals surface area contributed by atoms with Crippen LogP contribution in [0.15, 0.2) is 47.0 Å². The molecule has 4 nitrogen and oxygen atoms in total. The average molecular weight is 457 g/mol. The summed E-state index contributed by atoms with van der Waals surface area (Å²) < 4.78 is 20.3. The summed E-state index contributed by atoms with van der Waals surface area (Å²) >= 11 is 8.25. The third-order valence-electron chi connectivity index (χ3n) is 3.39. The molecule has 1 aromatic heterocycles. The van der Waals surface area contributed by atoms with E-state index in [-0.39, 0.29) is 27.6 Å².